The highest BCUT2D eigenvalue weighted by molar-refractivity contribution is 5.36. The molecular weight excluding hydrogens is 165 g/mol. The van der Waals surface area contributed by atoms with Crippen LogP contribution >= 0.6 is 0 Å². The topological polar surface area (TPSA) is 12.0 Å². The van der Waals surface area contributed by atoms with Gasteiger partial charge in [0.25, 0.3) is 0 Å². The Balaban J connectivity index is 2.55. The lowest BCUT2D eigenvalue weighted by Gasteiger charge is -2.33. The highest BCUT2D eigenvalue weighted by Gasteiger charge is 2.27. The molecule has 0 saturated carbocycles. The van der Waals surface area contributed by atoms with Crippen molar-refractivity contribution in [3.63, 3.8) is 0 Å². The maximum Gasteiger partial charge on any atom is 0.123 e. The summed E-state index contributed by atoms with van der Waals surface area (Å²) in [6, 6.07) is 5.07. The van der Waals surface area contributed by atoms with E-state index in [2.05, 4.69) is 19.2 Å². The molecule has 0 bridgehead atoms. The van der Waals surface area contributed by atoms with Crippen LogP contribution in [0.2, 0.25) is 0 Å². The van der Waals surface area contributed by atoms with E-state index in [4.69, 9.17) is 0 Å². The quantitative estimate of drug-likeness (QED) is 0.644. The van der Waals surface area contributed by atoms with Crippen LogP contribution in [-0.2, 0) is 12.0 Å². The first-order chi connectivity index (χ1) is 6.09. The maximum atomic E-state index is 13.0. The number of hydrogen-bond acceptors (Lipinski definition) is 1. The second kappa shape index (κ2) is 2.81. The molecule has 2 rings (SSSR count). The van der Waals surface area contributed by atoms with Crippen LogP contribution in [0.4, 0.5) is 4.39 Å². The van der Waals surface area contributed by atoms with E-state index in [1.807, 2.05) is 6.07 Å². The highest BCUT2D eigenvalue weighted by atomic mass is 19.1. The summed E-state index contributed by atoms with van der Waals surface area (Å²) in [5.74, 6) is -0.131. The van der Waals surface area contributed by atoms with Crippen molar-refractivity contribution in [1.29, 1.82) is 0 Å². The van der Waals surface area contributed by atoms with Crippen molar-refractivity contribution in [3.8, 4) is 0 Å². The van der Waals surface area contributed by atoms with Crippen molar-refractivity contribution in [2.75, 3.05) is 6.54 Å². The van der Waals surface area contributed by atoms with Crippen LogP contribution in [0.3, 0.4) is 0 Å². The number of halogens is 1. The molecule has 0 aliphatic carbocycles. The van der Waals surface area contributed by atoms with Crippen LogP contribution in [-0.4, -0.2) is 6.54 Å². The molecule has 1 aromatic carbocycles. The molecule has 1 aromatic rings. The summed E-state index contributed by atoms with van der Waals surface area (Å²) >= 11 is 0. The Kier molecular flexibility index (Phi) is 1.88. The predicted octanol–water partition coefficient (Wildman–Crippen LogP) is 2.21. The standard InChI is InChI=1S/C11H14FN/c1-11(2)7-13-6-8-3-4-9(12)5-10(8)11/h3-5,13H,6-7H2,1-2H3. The Bertz CT molecular complexity index is 331. The number of hydrogen-bond donors (Lipinski definition) is 1. The fraction of sp³-hybridized carbons (Fsp3) is 0.455. The van der Waals surface area contributed by atoms with Gasteiger partial charge in [0, 0.05) is 18.5 Å². The molecule has 1 N–H and O–H groups in total. The van der Waals surface area contributed by atoms with Crippen LogP contribution in [0.5, 0.6) is 0 Å². The molecule has 2 heteroatoms. The Hall–Kier alpha value is -0.890. The van der Waals surface area contributed by atoms with E-state index >= 15 is 0 Å². The van der Waals surface area contributed by atoms with E-state index in [1.54, 1.807) is 6.07 Å². The minimum Gasteiger partial charge on any atom is -0.312 e. The highest BCUT2D eigenvalue weighted by Crippen LogP contribution is 2.29. The van der Waals surface area contributed by atoms with Gasteiger partial charge in [0.05, 0.1) is 0 Å². The Morgan fingerprint density at radius 2 is 2.15 bits per heavy atom. The second-order valence-corrected chi connectivity index (χ2v) is 4.29. The van der Waals surface area contributed by atoms with E-state index in [0.29, 0.717) is 0 Å². The summed E-state index contributed by atoms with van der Waals surface area (Å²) in [5, 5.41) is 3.33. The molecule has 0 atom stereocenters. The predicted molar refractivity (Wildman–Crippen MR) is 51.1 cm³/mol. The molecule has 1 aliphatic rings. The van der Waals surface area contributed by atoms with Gasteiger partial charge in [-0.3, -0.25) is 0 Å². The molecule has 0 radical (unpaired) electrons. The van der Waals surface area contributed by atoms with E-state index in [-0.39, 0.29) is 11.2 Å². The van der Waals surface area contributed by atoms with E-state index in [1.165, 1.54) is 11.6 Å². The molecule has 0 spiro atoms. The molecule has 1 heterocycles. The summed E-state index contributed by atoms with van der Waals surface area (Å²) in [7, 11) is 0. The summed E-state index contributed by atoms with van der Waals surface area (Å²) in [6.45, 7) is 6.05. The van der Waals surface area contributed by atoms with Crippen LogP contribution in [0.1, 0.15) is 25.0 Å². The Morgan fingerprint density at radius 3 is 2.92 bits per heavy atom. The third-order valence-electron chi connectivity index (χ3n) is 2.68. The van der Waals surface area contributed by atoms with Crippen LogP contribution < -0.4 is 5.32 Å². The van der Waals surface area contributed by atoms with Gasteiger partial charge in [-0.2, -0.15) is 0 Å². The summed E-state index contributed by atoms with van der Waals surface area (Å²) < 4.78 is 13.0. The van der Waals surface area contributed by atoms with Crippen molar-refractivity contribution in [3.05, 3.63) is 35.1 Å². The minimum absolute atomic E-state index is 0.0513. The summed E-state index contributed by atoms with van der Waals surface area (Å²) in [6.07, 6.45) is 0. The average Bonchev–Trinajstić information content (AvgIpc) is 2.06. The molecule has 1 nitrogen and oxygen atoms in total. The smallest absolute Gasteiger partial charge is 0.123 e. The van der Waals surface area contributed by atoms with Gasteiger partial charge in [-0.1, -0.05) is 19.9 Å². The van der Waals surface area contributed by atoms with Crippen molar-refractivity contribution in [2.24, 2.45) is 0 Å². The lowest BCUT2D eigenvalue weighted by Crippen LogP contribution is -2.38. The fourth-order valence-electron chi connectivity index (χ4n) is 1.94. The van der Waals surface area contributed by atoms with Crippen LogP contribution in [0.25, 0.3) is 0 Å². The third kappa shape index (κ3) is 1.46. The van der Waals surface area contributed by atoms with E-state index in [9.17, 15) is 4.39 Å². The zero-order valence-corrected chi connectivity index (χ0v) is 8.02. The third-order valence-corrected chi connectivity index (χ3v) is 2.68. The van der Waals surface area contributed by atoms with Gasteiger partial charge in [0.15, 0.2) is 0 Å². The zero-order chi connectivity index (χ0) is 9.47. The number of rotatable bonds is 0. The Morgan fingerprint density at radius 1 is 1.38 bits per heavy atom. The van der Waals surface area contributed by atoms with Gasteiger partial charge in [-0.15, -0.1) is 0 Å². The van der Waals surface area contributed by atoms with Gasteiger partial charge in [0.2, 0.25) is 0 Å². The molecule has 0 saturated heterocycles. The average molecular weight is 179 g/mol. The van der Waals surface area contributed by atoms with Crippen LogP contribution in [0.15, 0.2) is 18.2 Å². The van der Waals surface area contributed by atoms with E-state index < -0.39 is 0 Å². The van der Waals surface area contributed by atoms with Crippen molar-refractivity contribution < 1.29 is 4.39 Å². The lowest BCUT2D eigenvalue weighted by atomic mass is 9.79. The first-order valence-corrected chi connectivity index (χ1v) is 4.59. The second-order valence-electron chi connectivity index (χ2n) is 4.29. The molecule has 0 unspecified atom stereocenters. The van der Waals surface area contributed by atoms with Gasteiger partial charge in [-0.05, 0) is 23.3 Å². The van der Waals surface area contributed by atoms with Crippen molar-refractivity contribution in [1.82, 2.24) is 5.32 Å². The SMILES string of the molecule is CC1(C)CNCc2ccc(F)cc21. The summed E-state index contributed by atoms with van der Waals surface area (Å²) in [4.78, 5) is 0. The van der Waals surface area contributed by atoms with Gasteiger partial charge < -0.3 is 5.32 Å². The molecule has 0 fully saturated rings. The van der Waals surface area contributed by atoms with Crippen molar-refractivity contribution in [2.45, 2.75) is 25.8 Å². The minimum atomic E-state index is -0.131. The van der Waals surface area contributed by atoms with Gasteiger partial charge in [-0.25, -0.2) is 4.39 Å². The van der Waals surface area contributed by atoms with Gasteiger partial charge in [0.1, 0.15) is 5.82 Å². The number of fused-ring (bicyclic) bond motifs is 1. The molecule has 0 amide bonds. The maximum absolute atomic E-state index is 13.0. The zero-order valence-electron chi connectivity index (χ0n) is 8.02. The molecule has 1 aliphatic heterocycles. The molecule has 70 valence electrons. The number of benzene rings is 1. The summed E-state index contributed by atoms with van der Waals surface area (Å²) in [5.41, 5.74) is 2.42. The first kappa shape index (κ1) is 8.70. The normalized spacial score (nSPS) is 19.6. The van der Waals surface area contributed by atoms with Gasteiger partial charge >= 0.3 is 0 Å². The fourth-order valence-corrected chi connectivity index (χ4v) is 1.94. The lowest BCUT2D eigenvalue weighted by molar-refractivity contribution is 0.431. The Labute approximate surface area is 78.0 Å². The van der Waals surface area contributed by atoms with E-state index in [0.717, 1.165) is 18.7 Å². The molecule has 0 aromatic heterocycles. The molecule has 13 heavy (non-hydrogen) atoms. The first-order valence-electron chi connectivity index (χ1n) is 4.59. The number of nitrogens with one attached hydrogen (secondary N) is 1. The van der Waals surface area contributed by atoms with Crippen LogP contribution in [0, 0.1) is 5.82 Å². The molecular formula is C11H14FN. The van der Waals surface area contributed by atoms with Crippen molar-refractivity contribution >= 4 is 0 Å². The largest absolute Gasteiger partial charge is 0.312 e. The monoisotopic (exact) mass is 179 g/mol.